The van der Waals surface area contributed by atoms with E-state index in [-0.39, 0.29) is 22.6 Å². The normalized spacial score (nSPS) is 14.4. The van der Waals surface area contributed by atoms with Crippen molar-refractivity contribution in [2.45, 2.75) is 52.5 Å². The Labute approximate surface area is 114 Å². The van der Waals surface area contributed by atoms with Gasteiger partial charge < -0.3 is 5.32 Å². The maximum absolute atomic E-state index is 11.3. The quantitative estimate of drug-likeness (QED) is 0.608. The third-order valence-corrected chi connectivity index (χ3v) is 3.59. The van der Waals surface area contributed by atoms with Crippen LogP contribution in [0.3, 0.4) is 0 Å². The molecule has 6 heteroatoms. The molecule has 0 aromatic carbocycles. The predicted molar refractivity (Wildman–Crippen MR) is 75.4 cm³/mol. The molecule has 6 nitrogen and oxygen atoms in total. The van der Waals surface area contributed by atoms with Gasteiger partial charge in [0.1, 0.15) is 11.4 Å². The highest BCUT2D eigenvalue weighted by atomic mass is 16.6. The minimum Gasteiger partial charge on any atom is -0.314 e. The highest BCUT2D eigenvalue weighted by molar-refractivity contribution is 5.43. The lowest BCUT2D eigenvalue weighted by molar-refractivity contribution is -0.386. The Hall–Kier alpha value is -1.43. The molecule has 19 heavy (non-hydrogen) atoms. The van der Waals surface area contributed by atoms with Gasteiger partial charge in [0.15, 0.2) is 0 Å². The minimum absolute atomic E-state index is 0.0585. The van der Waals surface area contributed by atoms with E-state index in [9.17, 15) is 10.1 Å². The number of nitro groups is 1. The summed E-state index contributed by atoms with van der Waals surface area (Å²) in [5.41, 5.74) is 1.48. The zero-order valence-electron chi connectivity index (χ0n) is 12.4. The van der Waals surface area contributed by atoms with Crippen molar-refractivity contribution in [3.63, 3.8) is 0 Å². The molecular formula is C13H24N4O2. The monoisotopic (exact) mass is 268 g/mol. The molecule has 0 amide bonds. The predicted octanol–water partition coefficient (Wildman–Crippen LogP) is 2.38. The largest absolute Gasteiger partial charge is 0.314 e. The maximum atomic E-state index is 11.3. The van der Waals surface area contributed by atoms with E-state index in [4.69, 9.17) is 0 Å². The van der Waals surface area contributed by atoms with Crippen LogP contribution in [0.25, 0.3) is 0 Å². The number of hydrogen-bond acceptors (Lipinski definition) is 4. The van der Waals surface area contributed by atoms with Gasteiger partial charge in [0.2, 0.25) is 0 Å². The van der Waals surface area contributed by atoms with Crippen LogP contribution in [0.15, 0.2) is 0 Å². The van der Waals surface area contributed by atoms with Gasteiger partial charge in [0.05, 0.1) is 4.92 Å². The topological polar surface area (TPSA) is 73.0 Å². The lowest BCUT2D eigenvalue weighted by Gasteiger charge is -2.23. The van der Waals surface area contributed by atoms with Crippen LogP contribution in [0.5, 0.6) is 0 Å². The van der Waals surface area contributed by atoms with E-state index < -0.39 is 0 Å². The van der Waals surface area contributed by atoms with Crippen molar-refractivity contribution >= 4 is 5.69 Å². The van der Waals surface area contributed by atoms with Crippen LogP contribution >= 0.6 is 0 Å². The Morgan fingerprint density at radius 2 is 2.05 bits per heavy atom. The standard InChI is InChI=1S/C13H24N4O2/c1-6-10(14-8-3)9(4)12-13(17(18)19)11(7-2)15-16(12)5/h9-10,14H,6-8H2,1-5H3. The van der Waals surface area contributed by atoms with Gasteiger partial charge in [-0.05, 0) is 19.4 Å². The van der Waals surface area contributed by atoms with Crippen LogP contribution in [-0.4, -0.2) is 27.3 Å². The molecule has 1 N–H and O–H groups in total. The molecule has 1 aromatic heterocycles. The summed E-state index contributed by atoms with van der Waals surface area (Å²) >= 11 is 0. The molecule has 0 aliphatic carbocycles. The van der Waals surface area contributed by atoms with Crippen molar-refractivity contribution in [3.8, 4) is 0 Å². The SMILES string of the molecule is CCNC(CC)C(C)c1c([N+](=O)[O-])c(CC)nn1C. The Morgan fingerprint density at radius 3 is 2.47 bits per heavy atom. The molecule has 2 unspecified atom stereocenters. The Balaban J connectivity index is 3.24. The third-order valence-electron chi connectivity index (χ3n) is 3.59. The molecular weight excluding hydrogens is 244 g/mol. The van der Waals surface area contributed by atoms with Crippen molar-refractivity contribution in [1.82, 2.24) is 15.1 Å². The van der Waals surface area contributed by atoms with Gasteiger partial charge in [-0.25, -0.2) is 0 Å². The van der Waals surface area contributed by atoms with Crippen molar-refractivity contribution in [1.29, 1.82) is 0 Å². The molecule has 1 rings (SSSR count). The van der Waals surface area contributed by atoms with Gasteiger partial charge in [0.25, 0.3) is 0 Å². The molecule has 0 saturated heterocycles. The van der Waals surface area contributed by atoms with Gasteiger partial charge in [0, 0.05) is 19.0 Å². The molecule has 0 aliphatic heterocycles. The second-order valence-electron chi connectivity index (χ2n) is 4.78. The lowest BCUT2D eigenvalue weighted by atomic mass is 9.94. The highest BCUT2D eigenvalue weighted by Crippen LogP contribution is 2.32. The zero-order chi connectivity index (χ0) is 14.6. The van der Waals surface area contributed by atoms with Gasteiger partial charge in [-0.1, -0.05) is 27.7 Å². The zero-order valence-corrected chi connectivity index (χ0v) is 12.4. The van der Waals surface area contributed by atoms with Crippen LogP contribution in [-0.2, 0) is 13.5 Å². The molecule has 1 heterocycles. The molecule has 0 aliphatic rings. The summed E-state index contributed by atoms with van der Waals surface area (Å²) < 4.78 is 1.67. The van der Waals surface area contributed by atoms with Gasteiger partial charge in [-0.15, -0.1) is 0 Å². The minimum atomic E-state index is -0.295. The first-order valence-corrected chi connectivity index (χ1v) is 6.91. The number of nitrogens with zero attached hydrogens (tertiary/aromatic N) is 3. The summed E-state index contributed by atoms with van der Waals surface area (Å²) in [5, 5.41) is 19.0. The van der Waals surface area contributed by atoms with E-state index in [0.717, 1.165) is 18.7 Å². The Morgan fingerprint density at radius 1 is 1.42 bits per heavy atom. The second-order valence-corrected chi connectivity index (χ2v) is 4.78. The fourth-order valence-electron chi connectivity index (χ4n) is 2.66. The summed E-state index contributed by atoms with van der Waals surface area (Å²) in [7, 11) is 1.79. The van der Waals surface area contributed by atoms with Gasteiger partial charge >= 0.3 is 5.69 Å². The lowest BCUT2D eigenvalue weighted by Crippen LogP contribution is -2.34. The van der Waals surface area contributed by atoms with E-state index in [1.807, 2.05) is 20.8 Å². The molecule has 0 radical (unpaired) electrons. The number of rotatable bonds is 7. The molecule has 0 spiro atoms. The van der Waals surface area contributed by atoms with Gasteiger partial charge in [-0.3, -0.25) is 14.8 Å². The third kappa shape index (κ3) is 3.12. The number of nitrogens with one attached hydrogen (secondary N) is 1. The first-order chi connectivity index (χ1) is 8.97. The average Bonchev–Trinajstić information content (AvgIpc) is 2.72. The van der Waals surface area contributed by atoms with E-state index in [0.29, 0.717) is 12.1 Å². The fraction of sp³-hybridized carbons (Fsp3) is 0.769. The highest BCUT2D eigenvalue weighted by Gasteiger charge is 2.31. The Kier molecular flexibility index (Phi) is 5.47. The van der Waals surface area contributed by atoms with Crippen LogP contribution in [0.2, 0.25) is 0 Å². The second kappa shape index (κ2) is 6.65. The van der Waals surface area contributed by atoms with Crippen LogP contribution in [0.4, 0.5) is 5.69 Å². The van der Waals surface area contributed by atoms with Crippen molar-refractivity contribution in [2.24, 2.45) is 7.05 Å². The van der Waals surface area contributed by atoms with E-state index in [1.165, 1.54) is 0 Å². The van der Waals surface area contributed by atoms with Crippen molar-refractivity contribution in [3.05, 3.63) is 21.5 Å². The molecule has 1 aromatic rings. The first-order valence-electron chi connectivity index (χ1n) is 6.91. The smallest absolute Gasteiger partial charge is 0.313 e. The molecule has 0 bridgehead atoms. The van der Waals surface area contributed by atoms with Crippen LogP contribution in [0.1, 0.15) is 51.4 Å². The number of aryl methyl sites for hydroxylation is 2. The van der Waals surface area contributed by atoms with Crippen molar-refractivity contribution < 1.29 is 4.92 Å². The summed E-state index contributed by atoms with van der Waals surface area (Å²) in [6.07, 6.45) is 1.51. The van der Waals surface area contributed by atoms with Crippen LogP contribution in [0, 0.1) is 10.1 Å². The van der Waals surface area contributed by atoms with E-state index in [1.54, 1.807) is 11.7 Å². The Bertz CT molecular complexity index is 442. The number of likely N-dealkylation sites (N-methyl/N-ethyl adjacent to an activating group) is 1. The number of aromatic nitrogens is 2. The number of hydrogen-bond donors (Lipinski definition) is 1. The summed E-state index contributed by atoms with van der Waals surface area (Å²) in [6, 6.07) is 0.226. The maximum Gasteiger partial charge on any atom is 0.313 e. The van der Waals surface area contributed by atoms with Crippen molar-refractivity contribution in [2.75, 3.05) is 6.54 Å². The van der Waals surface area contributed by atoms with E-state index >= 15 is 0 Å². The molecule has 0 fully saturated rings. The summed E-state index contributed by atoms with van der Waals surface area (Å²) in [4.78, 5) is 11.0. The molecule has 108 valence electrons. The fourth-order valence-corrected chi connectivity index (χ4v) is 2.66. The first kappa shape index (κ1) is 15.6. The summed E-state index contributed by atoms with van der Waals surface area (Å²) in [6.45, 7) is 8.91. The molecule has 2 atom stereocenters. The van der Waals surface area contributed by atoms with Gasteiger partial charge in [-0.2, -0.15) is 5.10 Å². The average molecular weight is 268 g/mol. The molecule has 0 saturated carbocycles. The summed E-state index contributed by atoms with van der Waals surface area (Å²) in [5.74, 6) is 0.0585. The van der Waals surface area contributed by atoms with Crippen LogP contribution < -0.4 is 5.32 Å². The van der Waals surface area contributed by atoms with E-state index in [2.05, 4.69) is 17.3 Å².